The van der Waals surface area contributed by atoms with Gasteiger partial charge in [-0.1, -0.05) is 6.58 Å². The van der Waals surface area contributed by atoms with Gasteiger partial charge in [0.2, 0.25) is 0 Å². The van der Waals surface area contributed by atoms with Crippen LogP contribution in [-0.2, 0) is 4.74 Å². The molecule has 162 valence electrons. The normalized spacial score (nSPS) is 13.3. The van der Waals surface area contributed by atoms with E-state index in [1.165, 1.54) is 6.07 Å². The van der Waals surface area contributed by atoms with Crippen molar-refractivity contribution in [1.82, 2.24) is 24.5 Å². The summed E-state index contributed by atoms with van der Waals surface area (Å²) in [4.78, 5) is 16.9. The van der Waals surface area contributed by atoms with E-state index in [2.05, 4.69) is 22.0 Å². The number of benzene rings is 1. The quantitative estimate of drug-likeness (QED) is 0.466. The average molecular weight is 431 g/mol. The Hall–Kier alpha value is -3.94. The fourth-order valence-corrected chi connectivity index (χ4v) is 3.66. The van der Waals surface area contributed by atoms with Gasteiger partial charge in [-0.2, -0.15) is 5.10 Å². The first-order chi connectivity index (χ1) is 15.4. The summed E-state index contributed by atoms with van der Waals surface area (Å²) < 4.78 is 23.3. The summed E-state index contributed by atoms with van der Waals surface area (Å²) in [5, 5.41) is 7.33. The number of ether oxygens (including phenoxy) is 1. The van der Waals surface area contributed by atoms with Crippen LogP contribution in [0.4, 0.5) is 4.39 Å². The second-order valence-corrected chi connectivity index (χ2v) is 7.96. The summed E-state index contributed by atoms with van der Waals surface area (Å²) >= 11 is 0. The van der Waals surface area contributed by atoms with E-state index in [9.17, 15) is 9.18 Å². The lowest BCUT2D eigenvalue weighted by molar-refractivity contribution is 0.0947. The fourth-order valence-electron chi connectivity index (χ4n) is 3.66. The van der Waals surface area contributed by atoms with Gasteiger partial charge in [0.25, 0.3) is 5.91 Å². The first-order valence-electron chi connectivity index (χ1n) is 10.3. The molecule has 0 bridgehead atoms. The molecule has 3 aromatic heterocycles. The van der Waals surface area contributed by atoms with E-state index < -0.39 is 5.82 Å². The number of halogens is 1. The number of methoxy groups -OCH3 is 1. The molecular weight excluding hydrogens is 409 g/mol. The highest BCUT2D eigenvalue weighted by molar-refractivity contribution is 5.96. The maximum absolute atomic E-state index is 14.5. The summed E-state index contributed by atoms with van der Waals surface area (Å²) in [6, 6.07) is 6.92. The van der Waals surface area contributed by atoms with E-state index in [4.69, 9.17) is 4.74 Å². The standard InChI is InChI=1S/C24H22FN5O2/c1-14-8-21(25)20(24(31)28-18-5-6-18)9-19(14)17-10-27-30(13-17)23-11-26-22-7-4-16(12-29(22)23)15(2)32-3/h4,7-13,18H,2,5-6H2,1,3H3,(H,28,31). The van der Waals surface area contributed by atoms with Crippen LogP contribution in [0, 0.1) is 12.7 Å². The molecule has 1 saturated carbocycles. The number of amides is 1. The number of carbonyl (C=O) groups excluding carboxylic acids is 1. The summed E-state index contributed by atoms with van der Waals surface area (Å²) in [6.07, 6.45) is 9.02. The molecular formula is C24H22FN5O2. The van der Waals surface area contributed by atoms with Crippen LogP contribution in [0.3, 0.4) is 0 Å². The average Bonchev–Trinajstić information content (AvgIpc) is 3.30. The number of nitrogens with one attached hydrogen (secondary N) is 1. The van der Waals surface area contributed by atoms with Crippen LogP contribution in [0.2, 0.25) is 0 Å². The minimum absolute atomic E-state index is 0.0442. The summed E-state index contributed by atoms with van der Waals surface area (Å²) in [6.45, 7) is 5.71. The molecule has 1 amide bonds. The number of aryl methyl sites for hydroxylation is 1. The van der Waals surface area contributed by atoms with Gasteiger partial charge < -0.3 is 10.1 Å². The third kappa shape index (κ3) is 3.53. The number of rotatable bonds is 6. The molecule has 0 saturated heterocycles. The number of nitrogens with zero attached hydrogens (tertiary/aromatic N) is 4. The van der Waals surface area contributed by atoms with Gasteiger partial charge in [-0.3, -0.25) is 9.20 Å². The topological polar surface area (TPSA) is 73.5 Å². The molecule has 5 rings (SSSR count). The smallest absolute Gasteiger partial charge is 0.254 e. The van der Waals surface area contributed by atoms with E-state index in [1.807, 2.05) is 35.9 Å². The summed E-state index contributed by atoms with van der Waals surface area (Å²) in [5.41, 5.74) is 3.87. The van der Waals surface area contributed by atoms with Crippen molar-refractivity contribution in [2.75, 3.05) is 7.11 Å². The van der Waals surface area contributed by atoms with E-state index in [1.54, 1.807) is 30.3 Å². The minimum atomic E-state index is -0.524. The number of fused-ring (bicyclic) bond motifs is 1. The molecule has 0 aliphatic heterocycles. The second kappa shape index (κ2) is 7.64. The Bertz CT molecular complexity index is 1370. The second-order valence-electron chi connectivity index (χ2n) is 7.96. The minimum Gasteiger partial charge on any atom is -0.497 e. The molecule has 1 aliphatic carbocycles. The molecule has 3 heterocycles. The van der Waals surface area contributed by atoms with Crippen molar-refractivity contribution < 1.29 is 13.9 Å². The molecule has 0 radical (unpaired) electrons. The van der Waals surface area contributed by atoms with Crippen LogP contribution in [0.15, 0.2) is 55.6 Å². The predicted molar refractivity (Wildman–Crippen MR) is 119 cm³/mol. The lowest BCUT2D eigenvalue weighted by Gasteiger charge is -2.10. The number of pyridine rings is 1. The van der Waals surface area contributed by atoms with Crippen LogP contribution in [0.5, 0.6) is 0 Å². The maximum Gasteiger partial charge on any atom is 0.254 e. The number of hydrogen-bond acceptors (Lipinski definition) is 4. The molecule has 8 heteroatoms. The zero-order chi connectivity index (χ0) is 22.4. The van der Waals surface area contributed by atoms with Gasteiger partial charge in [0.1, 0.15) is 17.2 Å². The number of aromatic nitrogens is 4. The van der Waals surface area contributed by atoms with E-state index in [-0.39, 0.29) is 17.5 Å². The Balaban J connectivity index is 1.53. The molecule has 4 aromatic rings. The lowest BCUT2D eigenvalue weighted by atomic mass is 9.99. The molecule has 32 heavy (non-hydrogen) atoms. The van der Waals surface area contributed by atoms with Crippen molar-refractivity contribution in [2.45, 2.75) is 25.8 Å². The van der Waals surface area contributed by atoms with Gasteiger partial charge in [-0.15, -0.1) is 0 Å². The zero-order valence-corrected chi connectivity index (χ0v) is 17.8. The van der Waals surface area contributed by atoms with E-state index in [0.29, 0.717) is 5.76 Å². The van der Waals surface area contributed by atoms with Gasteiger partial charge >= 0.3 is 0 Å². The zero-order valence-electron chi connectivity index (χ0n) is 17.8. The number of hydrogen-bond donors (Lipinski definition) is 1. The predicted octanol–water partition coefficient (Wildman–Crippen LogP) is 4.14. The van der Waals surface area contributed by atoms with Crippen LogP contribution >= 0.6 is 0 Å². The van der Waals surface area contributed by atoms with Crippen molar-refractivity contribution in [3.05, 3.63) is 78.1 Å². The van der Waals surface area contributed by atoms with Crippen molar-refractivity contribution >= 4 is 17.3 Å². The highest BCUT2D eigenvalue weighted by Crippen LogP contribution is 2.28. The third-order valence-electron chi connectivity index (χ3n) is 5.65. The van der Waals surface area contributed by atoms with Crippen LogP contribution in [0.1, 0.15) is 34.3 Å². The van der Waals surface area contributed by atoms with Crippen molar-refractivity contribution in [3.63, 3.8) is 0 Å². The van der Waals surface area contributed by atoms with Gasteiger partial charge in [-0.05, 0) is 55.2 Å². The molecule has 1 N–H and O–H groups in total. The molecule has 7 nitrogen and oxygen atoms in total. The van der Waals surface area contributed by atoms with E-state index in [0.717, 1.165) is 46.6 Å². The third-order valence-corrected chi connectivity index (χ3v) is 5.65. The molecule has 1 fully saturated rings. The summed E-state index contributed by atoms with van der Waals surface area (Å²) in [5.74, 6) is 0.367. The molecule has 0 atom stereocenters. The molecule has 0 unspecified atom stereocenters. The molecule has 1 aliphatic rings. The summed E-state index contributed by atoms with van der Waals surface area (Å²) in [7, 11) is 1.57. The maximum atomic E-state index is 14.5. The SMILES string of the molecule is C=C(OC)c1ccc2ncc(-n3cc(-c4cc(C(=O)NC5CC5)c(F)cc4C)cn3)n2c1. The molecule has 0 spiro atoms. The Morgan fingerprint density at radius 3 is 2.81 bits per heavy atom. The van der Waals surface area contributed by atoms with Crippen LogP contribution in [-0.4, -0.2) is 38.2 Å². The highest BCUT2D eigenvalue weighted by Gasteiger charge is 2.25. The van der Waals surface area contributed by atoms with E-state index >= 15 is 0 Å². The fraction of sp³-hybridized carbons (Fsp3) is 0.208. The Labute approximate surface area is 184 Å². The lowest BCUT2D eigenvalue weighted by Crippen LogP contribution is -2.26. The monoisotopic (exact) mass is 431 g/mol. The first kappa shape index (κ1) is 20.0. The Morgan fingerprint density at radius 2 is 2.06 bits per heavy atom. The van der Waals surface area contributed by atoms with Crippen molar-refractivity contribution in [1.29, 1.82) is 0 Å². The van der Waals surface area contributed by atoms with Gasteiger partial charge in [0.05, 0.1) is 25.1 Å². The first-order valence-corrected chi connectivity index (χ1v) is 10.3. The number of carbonyl (C=O) groups is 1. The highest BCUT2D eigenvalue weighted by atomic mass is 19.1. The molecule has 1 aromatic carbocycles. The van der Waals surface area contributed by atoms with Crippen molar-refractivity contribution in [3.8, 4) is 16.9 Å². The Kier molecular flexibility index (Phi) is 4.77. The Morgan fingerprint density at radius 1 is 1.25 bits per heavy atom. The van der Waals surface area contributed by atoms with Gasteiger partial charge in [0, 0.05) is 29.6 Å². The van der Waals surface area contributed by atoms with Crippen LogP contribution in [0.25, 0.3) is 28.4 Å². The number of imidazole rings is 1. The van der Waals surface area contributed by atoms with Crippen molar-refractivity contribution in [2.24, 2.45) is 0 Å². The largest absolute Gasteiger partial charge is 0.497 e. The van der Waals surface area contributed by atoms with Crippen LogP contribution < -0.4 is 5.32 Å². The van der Waals surface area contributed by atoms with Gasteiger partial charge in [-0.25, -0.2) is 14.1 Å². The van der Waals surface area contributed by atoms with Gasteiger partial charge in [0.15, 0.2) is 5.82 Å².